The van der Waals surface area contributed by atoms with E-state index in [1.54, 1.807) is 0 Å². The van der Waals surface area contributed by atoms with Crippen molar-refractivity contribution < 1.29 is 0 Å². The molecule has 0 N–H and O–H groups in total. The van der Waals surface area contributed by atoms with E-state index in [0.717, 1.165) is 10.0 Å². The van der Waals surface area contributed by atoms with Gasteiger partial charge in [-0.15, -0.1) is 0 Å². The highest BCUT2D eigenvalue weighted by atomic mass is 35.5. The summed E-state index contributed by atoms with van der Waals surface area (Å²) in [5, 5.41) is 5.38. The van der Waals surface area contributed by atoms with E-state index >= 15 is 0 Å². The lowest BCUT2D eigenvalue weighted by atomic mass is 10.4. The Morgan fingerprint density at radius 3 is 1.52 bits per heavy atom. The molecule has 0 aliphatic heterocycles. The molecule has 0 radical (unpaired) electrons. The predicted octanol–water partition coefficient (Wildman–Crippen LogP) is 3.82. The van der Waals surface area contributed by atoms with Crippen molar-refractivity contribution in [1.82, 2.24) is 0 Å². The normalized spacial score (nSPS) is 12.0. The Morgan fingerprint density at radius 2 is 1.10 bits per heavy atom. The first-order chi connectivity index (χ1) is 10.1. The minimum absolute atomic E-state index is 0.333. The SMILES string of the molecule is Clc1cccc([SiH2]CCC[SiH2]c2cccc(Cl)c2Cl)c1Cl. The second-order valence-electron chi connectivity index (χ2n) is 4.99. The van der Waals surface area contributed by atoms with Crippen LogP contribution in [0.2, 0.25) is 32.2 Å². The molecule has 0 spiro atoms. The maximum Gasteiger partial charge on any atom is 0.0590 e. The fourth-order valence-corrected chi connectivity index (χ4v) is 7.82. The molecule has 2 aromatic carbocycles. The molecule has 0 heterocycles. The zero-order valence-electron chi connectivity index (χ0n) is 11.5. The van der Waals surface area contributed by atoms with Crippen LogP contribution < -0.4 is 10.4 Å². The standard InChI is InChI=1S/C15H16Cl4Si2/c16-10-4-1-6-12(14(10)18)20-8-3-9-21-13-7-2-5-11(17)15(13)19/h1-2,4-7H,3,8-9,20-21H2. The first-order valence-corrected chi connectivity index (χ1v) is 11.9. The van der Waals surface area contributed by atoms with Crippen LogP contribution in [0.3, 0.4) is 0 Å². The molecule has 0 amide bonds. The Bertz CT molecular complexity index is 563. The van der Waals surface area contributed by atoms with Crippen LogP contribution in [0.15, 0.2) is 36.4 Å². The van der Waals surface area contributed by atoms with Crippen LogP contribution >= 0.6 is 46.4 Å². The summed E-state index contributed by atoms with van der Waals surface area (Å²) in [4.78, 5) is 0. The lowest BCUT2D eigenvalue weighted by Gasteiger charge is -2.06. The number of benzene rings is 2. The third kappa shape index (κ3) is 5.02. The lowest BCUT2D eigenvalue weighted by Crippen LogP contribution is -2.17. The van der Waals surface area contributed by atoms with Crippen molar-refractivity contribution >= 4 is 75.8 Å². The van der Waals surface area contributed by atoms with Crippen molar-refractivity contribution in [3.63, 3.8) is 0 Å². The van der Waals surface area contributed by atoms with Gasteiger partial charge in [-0.2, -0.15) is 0 Å². The van der Waals surface area contributed by atoms with Crippen molar-refractivity contribution in [1.29, 1.82) is 0 Å². The molecule has 0 saturated heterocycles. The van der Waals surface area contributed by atoms with E-state index in [9.17, 15) is 0 Å². The van der Waals surface area contributed by atoms with Gasteiger partial charge >= 0.3 is 0 Å². The fraction of sp³-hybridized carbons (Fsp3) is 0.200. The molecule has 21 heavy (non-hydrogen) atoms. The molecular weight excluding hydrogens is 378 g/mol. The van der Waals surface area contributed by atoms with Crippen molar-refractivity contribution in [3.05, 3.63) is 56.5 Å². The van der Waals surface area contributed by atoms with Crippen molar-refractivity contribution in [2.24, 2.45) is 0 Å². The second kappa shape index (κ2) is 8.61. The third-order valence-electron chi connectivity index (χ3n) is 3.46. The lowest BCUT2D eigenvalue weighted by molar-refractivity contribution is 1.07. The summed E-state index contributed by atoms with van der Waals surface area (Å²) in [6.45, 7) is 0. The zero-order valence-corrected chi connectivity index (χ0v) is 17.4. The van der Waals surface area contributed by atoms with Gasteiger partial charge in [0.2, 0.25) is 0 Å². The van der Waals surface area contributed by atoms with Crippen LogP contribution in [0.4, 0.5) is 0 Å². The quantitative estimate of drug-likeness (QED) is 0.516. The Hall–Kier alpha value is 0.0338. The molecule has 0 unspecified atom stereocenters. The van der Waals surface area contributed by atoms with Gasteiger partial charge in [0.25, 0.3) is 0 Å². The number of hydrogen-bond donors (Lipinski definition) is 0. The first-order valence-electron chi connectivity index (χ1n) is 6.95. The number of halogens is 4. The molecule has 0 aliphatic rings. The fourth-order valence-electron chi connectivity index (χ4n) is 2.29. The van der Waals surface area contributed by atoms with Gasteiger partial charge in [-0.05, 0) is 22.5 Å². The van der Waals surface area contributed by atoms with Gasteiger partial charge in [0.1, 0.15) is 0 Å². The average Bonchev–Trinajstić information content (AvgIpc) is 2.47. The van der Waals surface area contributed by atoms with Crippen molar-refractivity contribution in [2.45, 2.75) is 18.5 Å². The average molecular weight is 394 g/mol. The summed E-state index contributed by atoms with van der Waals surface area (Å²) in [5.74, 6) is 0. The molecule has 0 atom stereocenters. The second-order valence-corrected chi connectivity index (χ2v) is 10.5. The molecule has 0 aromatic heterocycles. The minimum atomic E-state index is -0.333. The van der Waals surface area contributed by atoms with E-state index in [1.165, 1.54) is 28.9 Å². The van der Waals surface area contributed by atoms with Crippen LogP contribution in [-0.4, -0.2) is 19.0 Å². The molecule has 0 aliphatic carbocycles. The van der Waals surface area contributed by atoms with E-state index in [0.29, 0.717) is 10.0 Å². The summed E-state index contributed by atoms with van der Waals surface area (Å²) in [6, 6.07) is 14.4. The Labute approximate surface area is 150 Å². The maximum absolute atomic E-state index is 6.22. The van der Waals surface area contributed by atoms with E-state index in [1.807, 2.05) is 24.3 Å². The minimum Gasteiger partial charge on any atom is -0.0829 e. The Morgan fingerprint density at radius 1 is 0.667 bits per heavy atom. The van der Waals surface area contributed by atoms with E-state index < -0.39 is 0 Å². The largest absolute Gasteiger partial charge is 0.0829 e. The topological polar surface area (TPSA) is 0 Å². The van der Waals surface area contributed by atoms with Crippen LogP contribution in [0.1, 0.15) is 6.42 Å². The predicted molar refractivity (Wildman–Crippen MR) is 104 cm³/mol. The van der Waals surface area contributed by atoms with E-state index in [2.05, 4.69) is 12.1 Å². The van der Waals surface area contributed by atoms with Crippen LogP contribution in [0, 0.1) is 0 Å². The summed E-state index contributed by atoms with van der Waals surface area (Å²) < 4.78 is 0. The first kappa shape index (κ1) is 17.4. The van der Waals surface area contributed by atoms with Gasteiger partial charge in [0.05, 0.1) is 39.1 Å². The molecular formula is C15H16Cl4Si2. The molecule has 112 valence electrons. The van der Waals surface area contributed by atoms with Crippen LogP contribution in [0.5, 0.6) is 0 Å². The number of rotatable bonds is 6. The van der Waals surface area contributed by atoms with Crippen LogP contribution in [0.25, 0.3) is 0 Å². The maximum atomic E-state index is 6.22. The molecule has 0 nitrogen and oxygen atoms in total. The van der Waals surface area contributed by atoms with Gasteiger partial charge < -0.3 is 0 Å². The van der Waals surface area contributed by atoms with Gasteiger partial charge in [-0.3, -0.25) is 0 Å². The highest BCUT2D eigenvalue weighted by Crippen LogP contribution is 2.19. The molecule has 2 aromatic rings. The molecule has 0 saturated carbocycles. The summed E-state index contributed by atoms with van der Waals surface area (Å²) >= 11 is 24.5. The Balaban J connectivity index is 1.78. The van der Waals surface area contributed by atoms with Gasteiger partial charge in [-0.25, -0.2) is 0 Å². The van der Waals surface area contributed by atoms with Crippen molar-refractivity contribution in [3.8, 4) is 0 Å². The summed E-state index contributed by atoms with van der Waals surface area (Å²) in [7, 11) is -0.665. The highest BCUT2D eigenvalue weighted by molar-refractivity contribution is 6.61. The van der Waals surface area contributed by atoms with Crippen LogP contribution in [-0.2, 0) is 0 Å². The number of hydrogen-bond acceptors (Lipinski definition) is 0. The summed E-state index contributed by atoms with van der Waals surface area (Å²) in [6.07, 6.45) is 1.24. The van der Waals surface area contributed by atoms with Gasteiger partial charge in [0, 0.05) is 0 Å². The molecule has 0 fully saturated rings. The zero-order chi connectivity index (χ0) is 15.2. The van der Waals surface area contributed by atoms with E-state index in [4.69, 9.17) is 46.4 Å². The molecule has 0 bridgehead atoms. The highest BCUT2D eigenvalue weighted by Gasteiger charge is 2.06. The van der Waals surface area contributed by atoms with Gasteiger partial charge in [-0.1, -0.05) is 89.2 Å². The monoisotopic (exact) mass is 392 g/mol. The van der Waals surface area contributed by atoms with E-state index in [-0.39, 0.29) is 19.0 Å². The van der Waals surface area contributed by atoms with Gasteiger partial charge in [0.15, 0.2) is 0 Å². The molecule has 6 heteroatoms. The Kier molecular flexibility index (Phi) is 7.13. The summed E-state index contributed by atoms with van der Waals surface area (Å²) in [5.41, 5.74) is 0. The third-order valence-corrected chi connectivity index (χ3v) is 9.58. The van der Waals surface area contributed by atoms with Crippen molar-refractivity contribution in [2.75, 3.05) is 0 Å². The smallest absolute Gasteiger partial charge is 0.0590 e. The molecule has 2 rings (SSSR count).